The van der Waals surface area contributed by atoms with Crippen LogP contribution in [0.3, 0.4) is 0 Å². The average molecular weight is 213 g/mol. The van der Waals surface area contributed by atoms with Crippen LogP contribution >= 0.6 is 0 Å². The van der Waals surface area contributed by atoms with Crippen LogP contribution in [-0.2, 0) is 0 Å². The second-order valence-electron chi connectivity index (χ2n) is 4.15. The number of hydrogen-bond acceptors (Lipinski definition) is 3. The van der Waals surface area contributed by atoms with Crippen LogP contribution in [0.15, 0.2) is 34.3 Å². The molecular weight excluding hydrogens is 198 g/mol. The summed E-state index contributed by atoms with van der Waals surface area (Å²) in [7, 11) is 0. The molecule has 1 aromatic rings. The van der Waals surface area contributed by atoms with Gasteiger partial charge in [-0.15, -0.1) is 0 Å². The minimum Gasteiger partial charge on any atom is -0.312 e. The van der Waals surface area contributed by atoms with Gasteiger partial charge in [0.2, 0.25) is 0 Å². The van der Waals surface area contributed by atoms with Gasteiger partial charge in [-0.2, -0.15) is 0 Å². The van der Waals surface area contributed by atoms with E-state index in [-0.39, 0.29) is 0 Å². The van der Waals surface area contributed by atoms with Crippen LogP contribution < -0.4 is 0 Å². The number of rotatable bonds is 2. The molecule has 0 atom stereocenters. The molecule has 0 radical (unpaired) electrons. The summed E-state index contributed by atoms with van der Waals surface area (Å²) in [5.41, 5.74) is 2.25. The number of fused-ring (bicyclic) bond motifs is 3. The third kappa shape index (κ3) is 1.35. The van der Waals surface area contributed by atoms with Gasteiger partial charge >= 0.3 is 0 Å². The minimum absolute atomic E-state index is 0.895. The maximum Gasteiger partial charge on any atom is 0.138 e. The Balaban J connectivity index is 2.12. The fourth-order valence-corrected chi connectivity index (χ4v) is 2.30. The first-order chi connectivity index (χ1) is 7.90. The van der Waals surface area contributed by atoms with Crippen LogP contribution in [0.1, 0.15) is 25.3 Å². The van der Waals surface area contributed by atoms with Crippen LogP contribution in [0.25, 0.3) is 0 Å². The summed E-state index contributed by atoms with van der Waals surface area (Å²) in [5.74, 6) is 2.30. The molecule has 3 heteroatoms. The van der Waals surface area contributed by atoms with Gasteiger partial charge in [0.05, 0.1) is 12.2 Å². The molecule has 0 amide bonds. The Morgan fingerprint density at radius 1 is 1.31 bits per heavy atom. The van der Waals surface area contributed by atoms with Crippen LogP contribution in [0.5, 0.6) is 0 Å². The molecule has 3 nitrogen and oxygen atoms in total. The van der Waals surface area contributed by atoms with Gasteiger partial charge in [0.1, 0.15) is 11.7 Å². The fraction of sp³-hybridized carbons (Fsp3) is 0.385. The van der Waals surface area contributed by atoms with Crippen LogP contribution in [0.2, 0.25) is 0 Å². The standard InChI is InChI=1S/C13H15N3/c1-2-5-12-15-11-7-4-3-6-10(11)13-14-8-9-16(12)13/h3-4,6-7H,2,5,8-9H2,1H3. The number of aliphatic imine (C=N–C) groups is 2. The number of hydrogen-bond donors (Lipinski definition) is 0. The van der Waals surface area contributed by atoms with Gasteiger partial charge in [0.15, 0.2) is 0 Å². The van der Waals surface area contributed by atoms with E-state index in [0.717, 1.165) is 37.5 Å². The molecule has 0 aliphatic carbocycles. The quantitative estimate of drug-likeness (QED) is 0.742. The normalized spacial score (nSPS) is 17.7. The SMILES string of the molecule is CCCC1=Nc2ccccc2C2=NCCN12. The lowest BCUT2D eigenvalue weighted by atomic mass is 10.1. The molecule has 3 rings (SSSR count). The van der Waals surface area contributed by atoms with E-state index in [2.05, 4.69) is 35.0 Å². The van der Waals surface area contributed by atoms with E-state index in [1.807, 2.05) is 6.07 Å². The van der Waals surface area contributed by atoms with Crippen molar-refractivity contribution in [2.45, 2.75) is 19.8 Å². The molecule has 0 aromatic heterocycles. The van der Waals surface area contributed by atoms with Crippen molar-refractivity contribution in [3.05, 3.63) is 29.8 Å². The maximum atomic E-state index is 4.74. The van der Waals surface area contributed by atoms with Crippen molar-refractivity contribution in [1.82, 2.24) is 4.90 Å². The molecule has 0 unspecified atom stereocenters. The molecule has 1 aromatic carbocycles. The topological polar surface area (TPSA) is 28.0 Å². The van der Waals surface area contributed by atoms with E-state index >= 15 is 0 Å². The van der Waals surface area contributed by atoms with Crippen molar-refractivity contribution in [3.8, 4) is 0 Å². The van der Waals surface area contributed by atoms with Crippen molar-refractivity contribution in [1.29, 1.82) is 0 Å². The molecule has 2 aliphatic rings. The Hall–Kier alpha value is -1.64. The van der Waals surface area contributed by atoms with Crippen molar-refractivity contribution in [2.75, 3.05) is 13.1 Å². The zero-order valence-electron chi connectivity index (χ0n) is 9.48. The number of benzene rings is 1. The van der Waals surface area contributed by atoms with E-state index in [4.69, 9.17) is 4.99 Å². The molecular formula is C13H15N3. The second-order valence-corrected chi connectivity index (χ2v) is 4.15. The van der Waals surface area contributed by atoms with E-state index in [9.17, 15) is 0 Å². The number of amidine groups is 2. The van der Waals surface area contributed by atoms with Crippen LogP contribution in [-0.4, -0.2) is 29.7 Å². The molecule has 0 saturated heterocycles. The van der Waals surface area contributed by atoms with E-state index in [1.54, 1.807) is 0 Å². The van der Waals surface area contributed by atoms with Gasteiger partial charge in [-0.3, -0.25) is 4.99 Å². The highest BCUT2D eigenvalue weighted by atomic mass is 15.3. The summed E-state index contributed by atoms with van der Waals surface area (Å²) in [6.45, 7) is 4.07. The molecule has 0 saturated carbocycles. The molecule has 0 bridgehead atoms. The zero-order chi connectivity index (χ0) is 11.0. The Bertz CT molecular complexity index is 474. The lowest BCUT2D eigenvalue weighted by Crippen LogP contribution is -2.37. The summed E-state index contributed by atoms with van der Waals surface area (Å²) < 4.78 is 0. The monoisotopic (exact) mass is 213 g/mol. The molecule has 16 heavy (non-hydrogen) atoms. The lowest BCUT2D eigenvalue weighted by molar-refractivity contribution is 0.638. The Morgan fingerprint density at radius 3 is 3.06 bits per heavy atom. The number of para-hydroxylation sites is 1. The third-order valence-corrected chi connectivity index (χ3v) is 3.02. The van der Waals surface area contributed by atoms with E-state index < -0.39 is 0 Å². The molecule has 0 N–H and O–H groups in total. The molecule has 2 aliphatic heterocycles. The van der Waals surface area contributed by atoms with Gasteiger partial charge in [-0.1, -0.05) is 19.1 Å². The highest BCUT2D eigenvalue weighted by Crippen LogP contribution is 2.29. The van der Waals surface area contributed by atoms with Crippen LogP contribution in [0, 0.1) is 0 Å². The first-order valence-corrected chi connectivity index (χ1v) is 5.89. The molecule has 82 valence electrons. The summed E-state index contributed by atoms with van der Waals surface area (Å²) in [4.78, 5) is 11.6. The van der Waals surface area contributed by atoms with Gasteiger partial charge < -0.3 is 4.90 Å². The fourth-order valence-electron chi connectivity index (χ4n) is 2.30. The van der Waals surface area contributed by atoms with Crippen molar-refractivity contribution in [3.63, 3.8) is 0 Å². The van der Waals surface area contributed by atoms with Gasteiger partial charge in [-0.05, 0) is 18.6 Å². The predicted octanol–water partition coefficient (Wildman–Crippen LogP) is 2.59. The van der Waals surface area contributed by atoms with E-state index in [0.29, 0.717) is 0 Å². The maximum absolute atomic E-state index is 4.74. The minimum atomic E-state index is 0.895. The smallest absolute Gasteiger partial charge is 0.138 e. The van der Waals surface area contributed by atoms with Gasteiger partial charge in [0.25, 0.3) is 0 Å². The Labute approximate surface area is 95.5 Å². The first kappa shape index (κ1) is 9.58. The molecule has 0 fully saturated rings. The first-order valence-electron chi connectivity index (χ1n) is 5.89. The summed E-state index contributed by atoms with van der Waals surface area (Å²) in [5, 5.41) is 0. The summed E-state index contributed by atoms with van der Waals surface area (Å²) in [6.07, 6.45) is 2.16. The predicted molar refractivity (Wildman–Crippen MR) is 66.6 cm³/mol. The Kier molecular flexibility index (Phi) is 2.24. The Morgan fingerprint density at radius 2 is 2.19 bits per heavy atom. The van der Waals surface area contributed by atoms with E-state index in [1.165, 1.54) is 11.4 Å². The van der Waals surface area contributed by atoms with Crippen molar-refractivity contribution < 1.29 is 0 Å². The van der Waals surface area contributed by atoms with Crippen molar-refractivity contribution in [2.24, 2.45) is 9.98 Å². The average Bonchev–Trinajstić information content (AvgIpc) is 2.79. The second kappa shape index (κ2) is 3.74. The van der Waals surface area contributed by atoms with Crippen LogP contribution in [0.4, 0.5) is 5.69 Å². The highest BCUT2D eigenvalue weighted by molar-refractivity contribution is 6.16. The largest absolute Gasteiger partial charge is 0.312 e. The third-order valence-electron chi connectivity index (χ3n) is 3.02. The highest BCUT2D eigenvalue weighted by Gasteiger charge is 2.28. The molecule has 2 heterocycles. The number of nitrogens with zero attached hydrogens (tertiary/aromatic N) is 3. The zero-order valence-corrected chi connectivity index (χ0v) is 9.48. The van der Waals surface area contributed by atoms with Crippen molar-refractivity contribution >= 4 is 17.4 Å². The lowest BCUT2D eigenvalue weighted by Gasteiger charge is -2.27. The van der Waals surface area contributed by atoms with Gasteiger partial charge in [-0.25, -0.2) is 4.99 Å². The molecule has 0 spiro atoms. The summed E-state index contributed by atoms with van der Waals surface area (Å²) >= 11 is 0. The summed E-state index contributed by atoms with van der Waals surface area (Å²) in [6, 6.07) is 8.27. The van der Waals surface area contributed by atoms with Gasteiger partial charge in [0, 0.05) is 18.5 Å².